The summed E-state index contributed by atoms with van der Waals surface area (Å²) in [5, 5.41) is 4.05. The van der Waals surface area contributed by atoms with Gasteiger partial charge in [0.1, 0.15) is 0 Å². The average Bonchev–Trinajstić information content (AvgIpc) is 2.87. The predicted molar refractivity (Wildman–Crippen MR) is 76.0 cm³/mol. The lowest BCUT2D eigenvalue weighted by Gasteiger charge is -2.19. The van der Waals surface area contributed by atoms with Crippen LogP contribution < -0.4 is 5.43 Å². The van der Waals surface area contributed by atoms with Crippen LogP contribution in [0.15, 0.2) is 17.2 Å². The molecule has 98 valence electrons. The number of nitrogens with one attached hydrogen (secondary N) is 1. The third kappa shape index (κ3) is 3.67. The topological polar surface area (TPSA) is 41.5 Å². The number of nitrogens with zero attached hydrogens (tertiary/aromatic N) is 1. The predicted octanol–water partition coefficient (Wildman–Crippen LogP) is 3.34. The zero-order valence-electron chi connectivity index (χ0n) is 10.8. The maximum atomic E-state index is 11.8. The van der Waals surface area contributed by atoms with Gasteiger partial charge in [-0.2, -0.15) is 5.10 Å². The highest BCUT2D eigenvalue weighted by Gasteiger charge is 2.20. The molecule has 0 saturated heterocycles. The number of hydrogen-bond donors (Lipinski definition) is 1. The summed E-state index contributed by atoms with van der Waals surface area (Å²) >= 11 is 1.72. The molecule has 1 heterocycles. The van der Waals surface area contributed by atoms with Crippen molar-refractivity contribution in [3.63, 3.8) is 0 Å². The second kappa shape index (κ2) is 6.69. The van der Waals surface area contributed by atoms with Crippen molar-refractivity contribution in [2.45, 2.75) is 45.4 Å². The van der Waals surface area contributed by atoms with Crippen LogP contribution in [0.4, 0.5) is 0 Å². The standard InChI is InChI=1S/C14H20N2OS/c1-2-12-8-9-13(18-12)10-15-16-14(17)11-6-4-3-5-7-11/h8-11H,2-7H2,1H3,(H,16,17)/b15-10+. The molecular weight excluding hydrogens is 244 g/mol. The fourth-order valence-corrected chi connectivity index (χ4v) is 3.09. The van der Waals surface area contributed by atoms with E-state index in [1.54, 1.807) is 17.6 Å². The van der Waals surface area contributed by atoms with Crippen molar-refractivity contribution in [1.29, 1.82) is 0 Å². The van der Waals surface area contributed by atoms with Gasteiger partial charge in [0.15, 0.2) is 0 Å². The van der Waals surface area contributed by atoms with Gasteiger partial charge >= 0.3 is 0 Å². The Hall–Kier alpha value is -1.16. The fraction of sp³-hybridized carbons (Fsp3) is 0.571. The maximum absolute atomic E-state index is 11.8. The summed E-state index contributed by atoms with van der Waals surface area (Å²) in [7, 11) is 0. The summed E-state index contributed by atoms with van der Waals surface area (Å²) in [4.78, 5) is 14.3. The zero-order valence-corrected chi connectivity index (χ0v) is 11.6. The highest BCUT2D eigenvalue weighted by atomic mass is 32.1. The van der Waals surface area contributed by atoms with Crippen molar-refractivity contribution >= 4 is 23.5 Å². The lowest BCUT2D eigenvalue weighted by Crippen LogP contribution is -2.28. The number of thiophene rings is 1. The number of rotatable bonds is 4. The molecule has 1 saturated carbocycles. The molecule has 0 bridgehead atoms. The van der Waals surface area contributed by atoms with Gasteiger partial charge in [-0.25, -0.2) is 5.43 Å². The third-order valence-electron chi connectivity index (χ3n) is 3.37. The van der Waals surface area contributed by atoms with Crippen LogP contribution in [0.25, 0.3) is 0 Å². The molecule has 1 aliphatic rings. The normalized spacial score (nSPS) is 17.2. The highest BCUT2D eigenvalue weighted by Crippen LogP contribution is 2.23. The first-order valence-corrected chi connectivity index (χ1v) is 7.53. The van der Waals surface area contributed by atoms with Crippen LogP contribution in [0.2, 0.25) is 0 Å². The molecule has 2 rings (SSSR count). The van der Waals surface area contributed by atoms with Crippen LogP contribution in [0.1, 0.15) is 48.8 Å². The molecule has 18 heavy (non-hydrogen) atoms. The Balaban J connectivity index is 1.81. The molecule has 0 unspecified atom stereocenters. The summed E-state index contributed by atoms with van der Waals surface area (Å²) in [6, 6.07) is 4.15. The Kier molecular flexibility index (Phi) is 4.93. The molecule has 1 aromatic rings. The van der Waals surface area contributed by atoms with Crippen LogP contribution >= 0.6 is 11.3 Å². The number of carbonyl (C=O) groups excluding carboxylic acids is 1. The summed E-state index contributed by atoms with van der Waals surface area (Å²) in [5.41, 5.74) is 2.67. The van der Waals surface area contributed by atoms with Gasteiger partial charge in [0.2, 0.25) is 5.91 Å². The average molecular weight is 264 g/mol. The summed E-state index contributed by atoms with van der Waals surface area (Å²) in [5.74, 6) is 0.253. The van der Waals surface area contributed by atoms with Gasteiger partial charge in [-0.3, -0.25) is 4.79 Å². The summed E-state index contributed by atoms with van der Waals surface area (Å²) in [6.07, 6.45) is 8.43. The summed E-state index contributed by atoms with van der Waals surface area (Å²) < 4.78 is 0. The molecule has 1 aliphatic carbocycles. The maximum Gasteiger partial charge on any atom is 0.243 e. The molecule has 0 aliphatic heterocycles. The smallest absolute Gasteiger partial charge is 0.243 e. The van der Waals surface area contributed by atoms with Crippen LogP contribution in [-0.4, -0.2) is 12.1 Å². The second-order valence-corrected chi connectivity index (χ2v) is 5.93. The first-order chi connectivity index (χ1) is 8.79. The quantitative estimate of drug-likeness (QED) is 0.657. The van der Waals surface area contributed by atoms with Crippen molar-refractivity contribution in [3.05, 3.63) is 21.9 Å². The zero-order chi connectivity index (χ0) is 12.8. The molecule has 1 fully saturated rings. The van der Waals surface area contributed by atoms with E-state index in [0.29, 0.717) is 0 Å². The van der Waals surface area contributed by atoms with Crippen molar-refractivity contribution in [2.75, 3.05) is 0 Å². The van der Waals surface area contributed by atoms with Gasteiger partial charge in [-0.1, -0.05) is 26.2 Å². The molecule has 3 nitrogen and oxygen atoms in total. The van der Waals surface area contributed by atoms with Gasteiger partial charge in [-0.05, 0) is 31.4 Å². The van der Waals surface area contributed by atoms with E-state index < -0.39 is 0 Å². The molecule has 1 aromatic heterocycles. The van der Waals surface area contributed by atoms with Crippen LogP contribution in [-0.2, 0) is 11.2 Å². The van der Waals surface area contributed by atoms with Crippen LogP contribution in [0.5, 0.6) is 0 Å². The van der Waals surface area contributed by atoms with E-state index in [1.165, 1.54) is 24.1 Å². The Bertz CT molecular complexity index is 419. The molecule has 1 N–H and O–H groups in total. The van der Waals surface area contributed by atoms with Gasteiger partial charge in [0.25, 0.3) is 0 Å². The first-order valence-electron chi connectivity index (χ1n) is 6.71. The molecule has 4 heteroatoms. The second-order valence-electron chi connectivity index (χ2n) is 4.73. The van der Waals surface area contributed by atoms with E-state index in [1.807, 2.05) is 6.07 Å². The van der Waals surface area contributed by atoms with Gasteiger partial charge < -0.3 is 0 Å². The minimum atomic E-state index is 0.0817. The largest absolute Gasteiger partial charge is 0.273 e. The van der Waals surface area contributed by atoms with E-state index in [9.17, 15) is 4.79 Å². The Labute approximate surface area is 112 Å². The SMILES string of the molecule is CCc1ccc(/C=N/NC(=O)C2CCCCC2)s1. The van der Waals surface area contributed by atoms with Crippen molar-refractivity contribution in [1.82, 2.24) is 5.43 Å². The van der Waals surface area contributed by atoms with E-state index in [4.69, 9.17) is 0 Å². The first kappa shape index (κ1) is 13.3. The highest BCUT2D eigenvalue weighted by molar-refractivity contribution is 7.13. The monoisotopic (exact) mass is 264 g/mol. The van der Waals surface area contributed by atoms with Gasteiger partial charge in [-0.15, -0.1) is 11.3 Å². The molecule has 0 aromatic carbocycles. The number of amides is 1. The van der Waals surface area contributed by atoms with Crippen LogP contribution in [0.3, 0.4) is 0 Å². The Morgan fingerprint density at radius 1 is 1.44 bits per heavy atom. The lowest BCUT2D eigenvalue weighted by atomic mass is 9.89. The minimum absolute atomic E-state index is 0.0817. The van der Waals surface area contributed by atoms with E-state index in [-0.39, 0.29) is 11.8 Å². The number of aryl methyl sites for hydroxylation is 1. The molecule has 0 atom stereocenters. The van der Waals surface area contributed by atoms with Crippen LogP contribution in [0, 0.1) is 5.92 Å². The number of hydrogen-bond acceptors (Lipinski definition) is 3. The molecule has 0 radical (unpaired) electrons. The molecule has 1 amide bonds. The fourth-order valence-electron chi connectivity index (χ4n) is 2.27. The van der Waals surface area contributed by atoms with Crippen molar-refractivity contribution < 1.29 is 4.79 Å². The number of carbonyl (C=O) groups is 1. The lowest BCUT2D eigenvalue weighted by molar-refractivity contribution is -0.125. The van der Waals surface area contributed by atoms with Gasteiger partial charge in [0, 0.05) is 15.7 Å². The van der Waals surface area contributed by atoms with E-state index in [2.05, 4.69) is 23.5 Å². The van der Waals surface area contributed by atoms with E-state index >= 15 is 0 Å². The summed E-state index contributed by atoms with van der Waals surface area (Å²) in [6.45, 7) is 2.14. The van der Waals surface area contributed by atoms with Crippen molar-refractivity contribution in [2.24, 2.45) is 11.0 Å². The molecule has 0 spiro atoms. The van der Waals surface area contributed by atoms with E-state index in [0.717, 1.165) is 24.1 Å². The van der Waals surface area contributed by atoms with Crippen molar-refractivity contribution in [3.8, 4) is 0 Å². The molecular formula is C14H20N2OS. The minimum Gasteiger partial charge on any atom is -0.273 e. The Morgan fingerprint density at radius 2 is 2.22 bits per heavy atom. The Morgan fingerprint density at radius 3 is 2.89 bits per heavy atom. The van der Waals surface area contributed by atoms with Gasteiger partial charge in [0.05, 0.1) is 6.21 Å². The third-order valence-corrected chi connectivity index (χ3v) is 4.54. The number of hydrazone groups is 1.